The van der Waals surface area contributed by atoms with E-state index in [2.05, 4.69) is 67.0 Å². The van der Waals surface area contributed by atoms with Gasteiger partial charge in [0.2, 0.25) is 0 Å². The first kappa shape index (κ1) is 48.6. The molecule has 2 aliphatic carbocycles. The fourth-order valence-electron chi connectivity index (χ4n) is 12.1. The smallest absolute Gasteiger partial charge is 0.416 e. The van der Waals surface area contributed by atoms with Crippen molar-refractivity contribution >= 4 is 38.6 Å². The van der Waals surface area contributed by atoms with E-state index in [-0.39, 0.29) is 16.9 Å². The molecule has 1 heterocycles. The summed E-state index contributed by atoms with van der Waals surface area (Å²) >= 11 is 3.93. The largest absolute Gasteiger partial charge is 0.472 e. The molecular formula is C65H54BrF5O2. The van der Waals surface area contributed by atoms with Gasteiger partial charge in [-0.3, -0.25) is 4.79 Å². The number of halogens is 6. The van der Waals surface area contributed by atoms with Crippen molar-refractivity contribution in [1.29, 1.82) is 0 Å². The molecule has 0 atom stereocenters. The summed E-state index contributed by atoms with van der Waals surface area (Å²) in [7, 11) is 0. The van der Waals surface area contributed by atoms with E-state index in [1.807, 2.05) is 66.7 Å². The molecular weight excluding hydrogens is 988 g/mol. The molecule has 368 valence electrons. The number of ketones is 1. The molecule has 0 saturated heterocycles. The Balaban J connectivity index is 0.901. The van der Waals surface area contributed by atoms with Crippen LogP contribution in [0.1, 0.15) is 133 Å². The van der Waals surface area contributed by atoms with Gasteiger partial charge < -0.3 is 4.74 Å². The van der Waals surface area contributed by atoms with Gasteiger partial charge in [0.05, 0.1) is 5.56 Å². The quantitative estimate of drug-likeness (QED) is 0.0733. The highest BCUT2D eigenvalue weighted by Crippen LogP contribution is 2.60. The Morgan fingerprint density at radius 2 is 1.21 bits per heavy atom. The average Bonchev–Trinajstić information content (AvgIpc) is 3.65. The Labute approximate surface area is 432 Å². The number of alkyl halides is 3. The number of carbonyl (C=O) groups excluding carboxylic acids is 1. The Morgan fingerprint density at radius 1 is 0.644 bits per heavy atom. The van der Waals surface area contributed by atoms with E-state index in [4.69, 9.17) is 4.74 Å². The number of benzene rings is 8. The minimum atomic E-state index is -4.65. The maximum absolute atomic E-state index is 14.6. The van der Waals surface area contributed by atoms with Crippen molar-refractivity contribution in [2.24, 2.45) is 5.92 Å². The summed E-state index contributed by atoms with van der Waals surface area (Å²) in [6.45, 7) is 6.46. The summed E-state index contributed by atoms with van der Waals surface area (Å²) in [4.78, 5) is 13.9. The molecule has 0 bridgehead atoms. The minimum Gasteiger partial charge on any atom is -0.472 e. The third-order valence-electron chi connectivity index (χ3n) is 15.9. The molecule has 0 amide bonds. The molecule has 2 nitrogen and oxygen atoms in total. The zero-order valence-corrected chi connectivity index (χ0v) is 42.6. The zero-order chi connectivity index (χ0) is 50.8. The van der Waals surface area contributed by atoms with Gasteiger partial charge in [0.1, 0.15) is 17.4 Å². The predicted molar refractivity (Wildman–Crippen MR) is 287 cm³/mol. The zero-order valence-electron chi connectivity index (χ0n) is 41.0. The van der Waals surface area contributed by atoms with E-state index >= 15 is 0 Å². The summed E-state index contributed by atoms with van der Waals surface area (Å²) in [5.41, 5.74) is 8.64. The van der Waals surface area contributed by atoms with Gasteiger partial charge in [-0.05, 0) is 148 Å². The monoisotopic (exact) mass is 1040 g/mol. The molecule has 0 unspecified atom stereocenters. The number of unbranched alkanes of at least 4 members (excludes halogenated alkanes) is 2. The van der Waals surface area contributed by atoms with Gasteiger partial charge in [0, 0.05) is 43.1 Å². The molecule has 0 radical (unpaired) electrons. The van der Waals surface area contributed by atoms with Crippen LogP contribution >= 0.6 is 15.9 Å². The van der Waals surface area contributed by atoms with E-state index in [9.17, 15) is 26.7 Å². The third kappa shape index (κ3) is 8.83. The number of hydrogen-bond donors (Lipinski definition) is 0. The Morgan fingerprint density at radius 3 is 1.77 bits per heavy atom. The molecule has 11 rings (SSSR count). The number of carbonyl (C=O) groups is 1. The van der Waals surface area contributed by atoms with Crippen LogP contribution in [0.3, 0.4) is 0 Å². The average molecular weight is 1040 g/mol. The summed E-state index contributed by atoms with van der Waals surface area (Å²) in [5, 5.41) is 0.815. The molecule has 0 N–H and O–H groups in total. The van der Waals surface area contributed by atoms with E-state index in [0.29, 0.717) is 39.1 Å². The molecule has 8 heteroatoms. The maximum atomic E-state index is 14.6. The van der Waals surface area contributed by atoms with Crippen LogP contribution in [0.2, 0.25) is 0 Å². The molecule has 0 aromatic heterocycles. The summed E-state index contributed by atoms with van der Waals surface area (Å²) in [5.74, 6) is 0.721. The fraction of sp³-hybridized carbons (Fsp3) is 0.246. The fourth-order valence-corrected chi connectivity index (χ4v) is 13.0. The van der Waals surface area contributed by atoms with Gasteiger partial charge in [0.25, 0.3) is 0 Å². The standard InChI is InChI=1S/C65H54BrF5O2/c1-4-5-6-7-39-8-10-40(11-9-39)41-12-14-42(15-13-41)43-16-20-45(21-17-43)61(72)46-22-18-44(19-23-46)47-36-56-58-53-33-28-50(65(69,70)71)38-55(53)62-54(60(58)63(2,3)59(56)57(66)37-47)34-35-64(73-62,48-24-29-51(67)30-25-48)49-26-31-52(68)32-27-49/h12-40H,4-11H2,1-3H3. The minimum absolute atomic E-state index is 0.0859. The van der Waals surface area contributed by atoms with Gasteiger partial charge in [-0.2, -0.15) is 13.2 Å². The van der Waals surface area contributed by atoms with E-state index < -0.39 is 34.4 Å². The van der Waals surface area contributed by atoms with E-state index in [0.717, 1.165) is 67.0 Å². The molecule has 3 aliphatic rings. The van der Waals surface area contributed by atoms with Crippen molar-refractivity contribution in [3.05, 3.63) is 224 Å². The maximum Gasteiger partial charge on any atom is 0.416 e. The number of rotatable bonds is 11. The molecule has 73 heavy (non-hydrogen) atoms. The Hall–Kier alpha value is -6.64. The second-order valence-electron chi connectivity index (χ2n) is 20.8. The highest BCUT2D eigenvalue weighted by atomic mass is 79.9. The predicted octanol–water partition coefficient (Wildman–Crippen LogP) is 19.0. The first-order valence-corrected chi connectivity index (χ1v) is 26.2. The van der Waals surface area contributed by atoms with Crippen LogP contribution in [-0.4, -0.2) is 5.78 Å². The van der Waals surface area contributed by atoms with Crippen LogP contribution in [0.4, 0.5) is 22.0 Å². The molecule has 1 fully saturated rings. The topological polar surface area (TPSA) is 26.3 Å². The summed E-state index contributed by atoms with van der Waals surface area (Å²) in [6.07, 6.45) is 9.60. The second-order valence-corrected chi connectivity index (χ2v) is 21.6. The second kappa shape index (κ2) is 19.0. The number of hydrogen-bond acceptors (Lipinski definition) is 2. The normalized spacial score (nSPS) is 17.4. The number of fused-ring (bicyclic) bond motifs is 8. The van der Waals surface area contributed by atoms with Gasteiger partial charge in [-0.25, -0.2) is 8.78 Å². The van der Waals surface area contributed by atoms with Crippen molar-refractivity contribution in [2.45, 2.75) is 95.2 Å². The lowest BCUT2D eigenvalue weighted by atomic mass is 9.76. The van der Waals surface area contributed by atoms with Crippen LogP contribution in [0.5, 0.6) is 5.75 Å². The summed E-state index contributed by atoms with van der Waals surface area (Å²) < 4.78 is 80.6. The number of ether oxygens (including phenoxy) is 1. The molecule has 1 saturated carbocycles. The van der Waals surface area contributed by atoms with Crippen molar-refractivity contribution < 1.29 is 31.5 Å². The van der Waals surface area contributed by atoms with Gasteiger partial charge >= 0.3 is 6.18 Å². The van der Waals surface area contributed by atoms with Crippen LogP contribution in [-0.2, 0) is 17.2 Å². The van der Waals surface area contributed by atoms with Gasteiger partial charge in [0.15, 0.2) is 11.4 Å². The highest BCUT2D eigenvalue weighted by molar-refractivity contribution is 9.10. The van der Waals surface area contributed by atoms with Crippen molar-refractivity contribution in [1.82, 2.24) is 0 Å². The lowest BCUT2D eigenvalue weighted by Crippen LogP contribution is -2.35. The van der Waals surface area contributed by atoms with Gasteiger partial charge in [-0.1, -0.05) is 172 Å². The van der Waals surface area contributed by atoms with E-state index in [1.54, 1.807) is 24.3 Å². The lowest BCUT2D eigenvalue weighted by molar-refractivity contribution is -0.137. The summed E-state index contributed by atoms with van der Waals surface area (Å²) in [6, 6.07) is 43.7. The van der Waals surface area contributed by atoms with Crippen LogP contribution in [0.25, 0.3) is 50.2 Å². The first-order valence-electron chi connectivity index (χ1n) is 25.4. The van der Waals surface area contributed by atoms with Crippen LogP contribution in [0, 0.1) is 17.6 Å². The lowest BCUT2D eigenvalue weighted by Gasteiger charge is -2.38. The molecule has 0 spiro atoms. The van der Waals surface area contributed by atoms with Crippen LogP contribution < -0.4 is 4.74 Å². The highest BCUT2D eigenvalue weighted by Gasteiger charge is 2.46. The van der Waals surface area contributed by atoms with Crippen molar-refractivity contribution in [2.75, 3.05) is 0 Å². The van der Waals surface area contributed by atoms with Crippen LogP contribution in [0.15, 0.2) is 162 Å². The van der Waals surface area contributed by atoms with Crippen molar-refractivity contribution in [3.8, 4) is 39.1 Å². The Bertz CT molecular complexity index is 3370. The van der Waals surface area contributed by atoms with Crippen molar-refractivity contribution in [3.63, 3.8) is 0 Å². The molecule has 8 aromatic carbocycles. The SMILES string of the molecule is CCCCCC1CCC(c2ccc(-c3ccc(C(=O)c4ccc(-c5cc(Br)c6c(c5)-c5c(c7c(c8cc(C(F)(F)F)ccc58)OC(c5ccc(F)cc5)(c5ccc(F)cc5)C=C7)C6(C)C)cc4)cc3)cc2)CC1. The molecule has 8 aromatic rings. The van der Waals surface area contributed by atoms with E-state index in [1.165, 1.54) is 87.3 Å². The third-order valence-corrected chi connectivity index (χ3v) is 16.6. The van der Waals surface area contributed by atoms with Gasteiger partial charge in [-0.15, -0.1) is 0 Å². The Kier molecular flexibility index (Phi) is 12.7. The first-order chi connectivity index (χ1) is 35.1. The molecule has 1 aliphatic heterocycles.